The monoisotopic (exact) mass is 730 g/mol. The summed E-state index contributed by atoms with van der Waals surface area (Å²) in [6, 6.07) is 67.7. The minimum absolute atomic E-state index is 0.283. The lowest BCUT2D eigenvalue weighted by Gasteiger charge is -2.20. The molecular weight excluding hydrogens is 693 g/mol. The third-order valence-corrected chi connectivity index (χ3v) is 11.7. The number of aliphatic imine (C=N–C) groups is 1. The summed E-state index contributed by atoms with van der Waals surface area (Å²) < 4.78 is 6.22. The Morgan fingerprint density at radius 1 is 0.474 bits per heavy atom. The van der Waals surface area contributed by atoms with Gasteiger partial charge in [0.15, 0.2) is 0 Å². The number of nitrogens with zero attached hydrogens (tertiary/aromatic N) is 1. The third-order valence-electron chi connectivity index (χ3n) is 11.7. The fourth-order valence-electron chi connectivity index (χ4n) is 8.68. The van der Waals surface area contributed by atoms with E-state index in [1.165, 1.54) is 60.1 Å². The van der Waals surface area contributed by atoms with Crippen molar-refractivity contribution >= 4 is 65.7 Å². The second-order valence-corrected chi connectivity index (χ2v) is 15.3. The first kappa shape index (κ1) is 33.1. The van der Waals surface area contributed by atoms with Crippen LogP contribution in [0.4, 0.5) is 0 Å². The van der Waals surface area contributed by atoms with Gasteiger partial charge in [0.2, 0.25) is 0 Å². The highest BCUT2D eigenvalue weighted by Crippen LogP contribution is 2.38. The number of benzene rings is 9. The molecule has 1 unspecified atom stereocenters. The molecule has 11 rings (SSSR count). The first-order valence-electron chi connectivity index (χ1n) is 19.7. The first-order valence-corrected chi connectivity index (χ1v) is 19.7. The van der Waals surface area contributed by atoms with Gasteiger partial charge in [-0.05, 0) is 120 Å². The van der Waals surface area contributed by atoms with Crippen LogP contribution in [0.25, 0.3) is 82.2 Å². The lowest BCUT2D eigenvalue weighted by molar-refractivity contribution is 0.669. The largest absolute Gasteiger partial charge is 0.456 e. The molecule has 0 aliphatic carbocycles. The summed E-state index contributed by atoms with van der Waals surface area (Å²) in [6.45, 7) is 2.24. The summed E-state index contributed by atoms with van der Waals surface area (Å²) in [5.74, 6) is 0. The van der Waals surface area contributed by atoms with Crippen molar-refractivity contribution in [3.63, 3.8) is 0 Å². The molecule has 3 nitrogen and oxygen atoms in total. The summed E-state index contributed by atoms with van der Waals surface area (Å²) in [4.78, 5) is 5.53. The molecule has 1 N–H and O–H groups in total. The average molecular weight is 731 g/mol. The van der Waals surface area contributed by atoms with Crippen molar-refractivity contribution in [1.82, 2.24) is 5.32 Å². The fourth-order valence-corrected chi connectivity index (χ4v) is 8.68. The zero-order chi connectivity index (χ0) is 37.9. The molecule has 1 aromatic heterocycles. The third kappa shape index (κ3) is 5.96. The Labute approximate surface area is 331 Å². The number of furan rings is 1. The Bertz CT molecular complexity index is 3260. The van der Waals surface area contributed by atoms with E-state index in [-0.39, 0.29) is 6.17 Å². The Kier molecular flexibility index (Phi) is 7.85. The molecule has 2 heterocycles. The topological polar surface area (TPSA) is 37.5 Å². The van der Waals surface area contributed by atoms with Gasteiger partial charge in [-0.25, -0.2) is 0 Å². The van der Waals surface area contributed by atoms with Crippen LogP contribution in [-0.4, -0.2) is 5.71 Å². The van der Waals surface area contributed by atoms with Crippen LogP contribution in [0.2, 0.25) is 0 Å². The minimum atomic E-state index is -0.283. The van der Waals surface area contributed by atoms with Gasteiger partial charge in [0.25, 0.3) is 0 Å². The van der Waals surface area contributed by atoms with E-state index in [1.54, 1.807) is 0 Å². The van der Waals surface area contributed by atoms with E-state index in [4.69, 9.17) is 9.41 Å². The number of nitrogens with one attached hydrogen (secondary N) is 1. The van der Waals surface area contributed by atoms with Gasteiger partial charge in [0, 0.05) is 28.6 Å². The maximum atomic E-state index is 6.22. The van der Waals surface area contributed by atoms with E-state index in [2.05, 4.69) is 188 Å². The van der Waals surface area contributed by atoms with E-state index >= 15 is 0 Å². The number of allylic oxidation sites excluding steroid dienone is 1. The quantitative estimate of drug-likeness (QED) is 0.191. The SMILES string of the molecule is CC1=C(c2ccc(-c3ccc4ccccc4c3)cc2)NC(c2ccc3cc(-c4cccc5oc6ccccc6c45)ccc3c2)N=C(c2ccc3ccccc3c2)C1. The van der Waals surface area contributed by atoms with Crippen molar-refractivity contribution in [2.45, 2.75) is 19.5 Å². The zero-order valence-corrected chi connectivity index (χ0v) is 31.5. The molecule has 0 spiro atoms. The highest BCUT2D eigenvalue weighted by Gasteiger charge is 2.22. The summed E-state index contributed by atoms with van der Waals surface area (Å²) in [5.41, 5.74) is 13.5. The van der Waals surface area contributed by atoms with Gasteiger partial charge in [0.1, 0.15) is 17.3 Å². The Hall–Kier alpha value is -7.23. The standard InChI is InChI=1S/C54H38N2O/c1-34-29-49(45-27-20-36-10-3-5-12-40(36)32-45)55-54(56-53(34)38-21-17-37(18-22-38)41-23-19-35-9-2-4-11-39(35)30-41)46-28-25-42-31-44(26-24-43(42)33-46)47-14-8-16-51-52(47)48-13-6-7-15-50(48)57-51/h2-28,30-33,54,56H,29H2,1H3. The van der Waals surface area contributed by atoms with Crippen LogP contribution in [-0.2, 0) is 0 Å². The van der Waals surface area contributed by atoms with Gasteiger partial charge >= 0.3 is 0 Å². The molecule has 0 bridgehead atoms. The number of rotatable bonds is 5. The van der Waals surface area contributed by atoms with E-state index in [9.17, 15) is 0 Å². The van der Waals surface area contributed by atoms with Crippen LogP contribution in [0.5, 0.6) is 0 Å². The summed E-state index contributed by atoms with van der Waals surface area (Å²) in [7, 11) is 0. The molecule has 0 amide bonds. The average Bonchev–Trinajstić information content (AvgIpc) is 3.56. The fraction of sp³-hybridized carbons (Fsp3) is 0.0556. The lowest BCUT2D eigenvalue weighted by Crippen LogP contribution is -2.18. The smallest absolute Gasteiger partial charge is 0.145 e. The van der Waals surface area contributed by atoms with Gasteiger partial charge in [-0.15, -0.1) is 0 Å². The van der Waals surface area contributed by atoms with Gasteiger partial charge in [0.05, 0.1) is 0 Å². The molecule has 270 valence electrons. The maximum Gasteiger partial charge on any atom is 0.145 e. The first-order chi connectivity index (χ1) is 28.1. The van der Waals surface area contributed by atoms with Crippen LogP contribution >= 0.6 is 0 Å². The van der Waals surface area contributed by atoms with Crippen molar-refractivity contribution in [2.24, 2.45) is 4.99 Å². The second-order valence-electron chi connectivity index (χ2n) is 15.3. The molecule has 0 radical (unpaired) electrons. The highest BCUT2D eigenvalue weighted by atomic mass is 16.3. The van der Waals surface area contributed by atoms with E-state index in [1.807, 2.05) is 12.1 Å². The molecular formula is C54H38N2O. The summed E-state index contributed by atoms with van der Waals surface area (Å²) in [5, 5.41) is 13.5. The van der Waals surface area contributed by atoms with Gasteiger partial charge < -0.3 is 9.73 Å². The molecule has 1 aliphatic heterocycles. The van der Waals surface area contributed by atoms with Crippen molar-refractivity contribution in [3.05, 3.63) is 210 Å². The van der Waals surface area contributed by atoms with Crippen molar-refractivity contribution in [2.75, 3.05) is 0 Å². The number of para-hydroxylation sites is 1. The van der Waals surface area contributed by atoms with Crippen LogP contribution < -0.4 is 5.32 Å². The maximum absolute atomic E-state index is 6.22. The van der Waals surface area contributed by atoms with E-state index < -0.39 is 0 Å². The Morgan fingerprint density at radius 3 is 1.84 bits per heavy atom. The van der Waals surface area contributed by atoms with Crippen molar-refractivity contribution in [3.8, 4) is 22.3 Å². The molecule has 10 aromatic rings. The normalized spacial score (nSPS) is 14.7. The molecule has 57 heavy (non-hydrogen) atoms. The number of hydrogen-bond acceptors (Lipinski definition) is 3. The van der Waals surface area contributed by atoms with Crippen molar-refractivity contribution in [1.29, 1.82) is 0 Å². The Morgan fingerprint density at radius 2 is 1.04 bits per heavy atom. The predicted molar refractivity (Wildman–Crippen MR) is 240 cm³/mol. The molecule has 0 saturated heterocycles. The number of hydrogen-bond donors (Lipinski definition) is 1. The predicted octanol–water partition coefficient (Wildman–Crippen LogP) is 14.3. The van der Waals surface area contributed by atoms with E-state index in [0.717, 1.165) is 56.5 Å². The molecule has 0 fully saturated rings. The van der Waals surface area contributed by atoms with Crippen LogP contribution in [0.3, 0.4) is 0 Å². The lowest BCUT2D eigenvalue weighted by atomic mass is 9.96. The second kappa shape index (κ2) is 13.5. The Balaban J connectivity index is 0.980. The van der Waals surface area contributed by atoms with Crippen molar-refractivity contribution < 1.29 is 4.42 Å². The zero-order valence-electron chi connectivity index (χ0n) is 31.5. The number of fused-ring (bicyclic) bond motifs is 6. The summed E-state index contributed by atoms with van der Waals surface area (Å²) in [6.07, 6.45) is 0.462. The molecule has 9 aromatic carbocycles. The van der Waals surface area contributed by atoms with Crippen LogP contribution in [0, 0.1) is 0 Å². The summed E-state index contributed by atoms with van der Waals surface area (Å²) >= 11 is 0. The van der Waals surface area contributed by atoms with E-state index in [0.29, 0.717) is 0 Å². The van der Waals surface area contributed by atoms with Gasteiger partial charge in [-0.3, -0.25) is 4.99 Å². The molecule has 1 aliphatic rings. The van der Waals surface area contributed by atoms with Crippen LogP contribution in [0.15, 0.2) is 203 Å². The van der Waals surface area contributed by atoms with Gasteiger partial charge in [-0.2, -0.15) is 0 Å². The van der Waals surface area contributed by atoms with Gasteiger partial charge in [-0.1, -0.05) is 152 Å². The minimum Gasteiger partial charge on any atom is -0.456 e. The van der Waals surface area contributed by atoms with Crippen LogP contribution in [0.1, 0.15) is 36.2 Å². The highest BCUT2D eigenvalue weighted by molar-refractivity contribution is 6.13. The molecule has 3 heteroatoms. The molecule has 1 atom stereocenters. The molecule has 0 saturated carbocycles.